The fourth-order valence-electron chi connectivity index (χ4n) is 3.07. The van der Waals surface area contributed by atoms with E-state index in [1.807, 2.05) is 12.1 Å². The molecule has 1 heterocycles. The van der Waals surface area contributed by atoms with Gasteiger partial charge >= 0.3 is 0 Å². The van der Waals surface area contributed by atoms with E-state index in [1.165, 1.54) is 22.5 Å². The van der Waals surface area contributed by atoms with Crippen LogP contribution in [0.5, 0.6) is 0 Å². The summed E-state index contributed by atoms with van der Waals surface area (Å²) in [5.74, 6) is 1.01. The zero-order valence-corrected chi connectivity index (χ0v) is 19.9. The Morgan fingerprint density at radius 2 is 1.70 bits per heavy atom. The lowest BCUT2D eigenvalue weighted by Gasteiger charge is -2.16. The highest BCUT2D eigenvalue weighted by molar-refractivity contribution is 7.98. The average molecular weight is 508 g/mol. The van der Waals surface area contributed by atoms with Crippen LogP contribution < -0.4 is 5.32 Å². The lowest BCUT2D eigenvalue weighted by molar-refractivity contribution is 0.0956. The first-order chi connectivity index (χ1) is 14.3. The predicted octanol–water partition coefficient (Wildman–Crippen LogP) is 5.09. The summed E-state index contributed by atoms with van der Waals surface area (Å²) in [6.45, 7) is 1.43. The van der Waals surface area contributed by atoms with Crippen molar-refractivity contribution in [2.45, 2.75) is 23.5 Å². The van der Waals surface area contributed by atoms with Gasteiger partial charge in [-0.3, -0.25) is 4.79 Å². The first-order valence-electron chi connectivity index (χ1n) is 9.38. The second-order valence-corrected chi connectivity index (χ2v) is 11.1. The van der Waals surface area contributed by atoms with Crippen molar-refractivity contribution in [3.05, 3.63) is 62.6 Å². The van der Waals surface area contributed by atoms with Crippen LogP contribution >= 0.6 is 46.6 Å². The van der Waals surface area contributed by atoms with Gasteiger partial charge in [-0.1, -0.05) is 40.9 Å². The Bertz CT molecular complexity index is 1030. The van der Waals surface area contributed by atoms with Crippen LogP contribution in [0.1, 0.15) is 28.8 Å². The van der Waals surface area contributed by atoms with E-state index in [1.54, 1.807) is 17.8 Å². The van der Waals surface area contributed by atoms with E-state index in [9.17, 15) is 13.2 Å². The zero-order valence-electron chi connectivity index (χ0n) is 16.0. The molecule has 0 aromatic heterocycles. The summed E-state index contributed by atoms with van der Waals surface area (Å²) in [6.07, 6.45) is 1.69. The number of thioether (sulfide) groups is 1. The summed E-state index contributed by atoms with van der Waals surface area (Å²) in [7, 11) is -3.61. The molecule has 0 bridgehead atoms. The fraction of sp³-hybridized carbons (Fsp3) is 0.350. The molecule has 162 valence electrons. The van der Waals surface area contributed by atoms with Gasteiger partial charge in [-0.05, 0) is 48.7 Å². The van der Waals surface area contributed by atoms with Crippen LogP contribution in [0.3, 0.4) is 0 Å². The van der Waals surface area contributed by atoms with Crippen LogP contribution in [0.25, 0.3) is 0 Å². The molecule has 10 heteroatoms. The topological polar surface area (TPSA) is 66.5 Å². The minimum Gasteiger partial charge on any atom is -0.351 e. The molecule has 1 N–H and O–H groups in total. The van der Waals surface area contributed by atoms with Gasteiger partial charge in [0, 0.05) is 31.1 Å². The largest absolute Gasteiger partial charge is 0.351 e. The molecular weight excluding hydrogens is 487 g/mol. The molecule has 30 heavy (non-hydrogen) atoms. The molecule has 0 unspecified atom stereocenters. The van der Waals surface area contributed by atoms with Crippen molar-refractivity contribution in [3.8, 4) is 0 Å². The second-order valence-electron chi connectivity index (χ2n) is 6.81. The fourth-order valence-corrected chi connectivity index (χ4v) is 5.94. The molecular formula is C20H21Cl3N2O3S2. The van der Waals surface area contributed by atoms with Crippen LogP contribution in [0.4, 0.5) is 0 Å². The smallest absolute Gasteiger partial charge is 0.252 e. The van der Waals surface area contributed by atoms with Crippen LogP contribution in [0.15, 0.2) is 41.3 Å². The summed E-state index contributed by atoms with van der Waals surface area (Å²) in [4.78, 5) is 12.6. The molecule has 2 aromatic carbocycles. The molecule has 1 amide bonds. The van der Waals surface area contributed by atoms with Gasteiger partial charge in [-0.15, -0.1) is 0 Å². The van der Waals surface area contributed by atoms with Crippen molar-refractivity contribution in [1.29, 1.82) is 0 Å². The lowest BCUT2D eigenvalue weighted by Crippen LogP contribution is -2.29. The Morgan fingerprint density at radius 3 is 2.40 bits per heavy atom. The Labute approximate surface area is 196 Å². The Morgan fingerprint density at radius 1 is 1.00 bits per heavy atom. The lowest BCUT2D eigenvalue weighted by atomic mass is 10.2. The second kappa shape index (κ2) is 10.6. The first kappa shape index (κ1) is 23.7. The van der Waals surface area contributed by atoms with E-state index >= 15 is 0 Å². The average Bonchev–Trinajstić information content (AvgIpc) is 3.26. The maximum absolute atomic E-state index is 12.7. The maximum atomic E-state index is 12.7. The number of carbonyl (C=O) groups is 1. The number of sulfonamides is 1. The molecule has 0 saturated carbocycles. The van der Waals surface area contributed by atoms with Crippen molar-refractivity contribution >= 4 is 62.5 Å². The van der Waals surface area contributed by atoms with Gasteiger partial charge in [0.2, 0.25) is 10.0 Å². The van der Waals surface area contributed by atoms with E-state index in [4.69, 9.17) is 34.8 Å². The van der Waals surface area contributed by atoms with E-state index in [-0.39, 0.29) is 15.5 Å². The summed E-state index contributed by atoms with van der Waals surface area (Å²) in [5.41, 5.74) is 1.20. The summed E-state index contributed by atoms with van der Waals surface area (Å²) < 4.78 is 26.9. The van der Waals surface area contributed by atoms with Crippen LogP contribution in [-0.2, 0) is 15.8 Å². The van der Waals surface area contributed by atoms with Gasteiger partial charge in [-0.2, -0.15) is 16.1 Å². The highest BCUT2D eigenvalue weighted by atomic mass is 35.5. The number of rotatable bonds is 8. The van der Waals surface area contributed by atoms with Crippen molar-refractivity contribution < 1.29 is 13.2 Å². The van der Waals surface area contributed by atoms with E-state index in [0.29, 0.717) is 35.4 Å². The molecule has 0 atom stereocenters. The third kappa shape index (κ3) is 5.84. The first-order valence-corrected chi connectivity index (χ1v) is 13.1. The van der Waals surface area contributed by atoms with Crippen molar-refractivity contribution in [2.24, 2.45) is 0 Å². The minimum atomic E-state index is -3.61. The Hall–Kier alpha value is -0.960. The molecule has 3 rings (SSSR count). The minimum absolute atomic E-state index is 0.0907. The summed E-state index contributed by atoms with van der Waals surface area (Å²) >= 11 is 19.7. The Balaban J connectivity index is 1.55. The van der Waals surface area contributed by atoms with Crippen molar-refractivity contribution in [2.75, 3.05) is 25.4 Å². The molecule has 0 radical (unpaired) electrons. The number of hydrogen-bond acceptors (Lipinski definition) is 4. The number of nitrogens with zero attached hydrogens (tertiary/aromatic N) is 1. The van der Waals surface area contributed by atoms with Crippen LogP contribution in [0, 0.1) is 0 Å². The molecule has 0 aliphatic carbocycles. The van der Waals surface area contributed by atoms with E-state index in [2.05, 4.69) is 5.32 Å². The van der Waals surface area contributed by atoms with Crippen molar-refractivity contribution in [3.63, 3.8) is 0 Å². The molecule has 5 nitrogen and oxygen atoms in total. The molecule has 2 aromatic rings. The molecule has 0 spiro atoms. The SMILES string of the molecule is O=C(NCCSCc1ccc(Cl)c(Cl)c1)c1cc(S(=O)(=O)N2CCCC2)ccc1Cl. The number of carbonyl (C=O) groups excluding carboxylic acids is 1. The van der Waals surface area contributed by atoms with E-state index in [0.717, 1.165) is 24.2 Å². The van der Waals surface area contributed by atoms with Gasteiger partial charge in [0.15, 0.2) is 0 Å². The highest BCUT2D eigenvalue weighted by Gasteiger charge is 2.28. The number of nitrogens with one attached hydrogen (secondary N) is 1. The van der Waals surface area contributed by atoms with E-state index < -0.39 is 15.9 Å². The third-order valence-corrected chi connectivity index (χ3v) is 8.66. The molecule has 1 saturated heterocycles. The maximum Gasteiger partial charge on any atom is 0.252 e. The van der Waals surface area contributed by atoms with Gasteiger partial charge in [0.25, 0.3) is 5.91 Å². The van der Waals surface area contributed by atoms with Gasteiger partial charge in [0.1, 0.15) is 0 Å². The molecule has 1 aliphatic heterocycles. The Kier molecular flexibility index (Phi) is 8.35. The highest BCUT2D eigenvalue weighted by Crippen LogP contribution is 2.26. The standard InChI is InChI=1S/C20H21Cl3N2O3S2/c21-17-6-4-15(30(27,28)25-8-1-2-9-25)12-16(17)20(26)24-7-10-29-13-14-3-5-18(22)19(23)11-14/h3-6,11-12H,1-2,7-10,13H2,(H,24,26). The van der Waals surface area contributed by atoms with Crippen molar-refractivity contribution in [1.82, 2.24) is 9.62 Å². The summed E-state index contributed by atoms with van der Waals surface area (Å²) in [5, 5.41) is 4.05. The third-order valence-electron chi connectivity index (χ3n) is 4.67. The van der Waals surface area contributed by atoms with Gasteiger partial charge in [0.05, 0.1) is 25.5 Å². The summed E-state index contributed by atoms with van der Waals surface area (Å²) in [6, 6.07) is 9.74. The molecule has 1 fully saturated rings. The van der Waals surface area contributed by atoms with Crippen LogP contribution in [-0.4, -0.2) is 44.0 Å². The normalized spacial score (nSPS) is 14.8. The predicted molar refractivity (Wildman–Crippen MR) is 124 cm³/mol. The van der Waals surface area contributed by atoms with Gasteiger partial charge in [-0.25, -0.2) is 8.42 Å². The number of hydrogen-bond donors (Lipinski definition) is 1. The molecule has 1 aliphatic rings. The van der Waals surface area contributed by atoms with Crippen LogP contribution in [0.2, 0.25) is 15.1 Å². The number of amides is 1. The number of benzene rings is 2. The zero-order chi connectivity index (χ0) is 21.7. The quantitative estimate of drug-likeness (QED) is 0.505. The number of halogens is 3. The monoisotopic (exact) mass is 506 g/mol. The van der Waals surface area contributed by atoms with Gasteiger partial charge < -0.3 is 5.32 Å².